The molecule has 3 rings (SSSR count). The predicted molar refractivity (Wildman–Crippen MR) is 105 cm³/mol. The third kappa shape index (κ3) is 4.14. The fourth-order valence-electron chi connectivity index (χ4n) is 2.95. The lowest BCUT2D eigenvalue weighted by Crippen LogP contribution is -2.23. The average molecular weight is 381 g/mol. The van der Waals surface area contributed by atoms with Crippen LogP contribution in [0.25, 0.3) is 11.8 Å². The van der Waals surface area contributed by atoms with E-state index in [1.807, 2.05) is 52.0 Å². The van der Waals surface area contributed by atoms with Gasteiger partial charge in [-0.25, -0.2) is 4.98 Å². The maximum atomic E-state index is 11.6. The van der Waals surface area contributed by atoms with E-state index in [0.29, 0.717) is 17.4 Å². The number of rotatable bonds is 6. The molecule has 0 spiro atoms. The topological polar surface area (TPSA) is 86.6 Å². The molecular weight excluding hydrogens is 360 g/mol. The lowest BCUT2D eigenvalue weighted by molar-refractivity contribution is -0.297. The van der Waals surface area contributed by atoms with Crippen molar-refractivity contribution >= 4 is 23.8 Å². The molecule has 2 heterocycles. The monoisotopic (exact) mass is 381 g/mol. The Morgan fingerprint density at radius 3 is 2.70 bits per heavy atom. The fraction of sp³-hybridized carbons (Fsp3) is 0.250. The molecule has 0 saturated heterocycles. The van der Waals surface area contributed by atoms with E-state index in [0.717, 1.165) is 34.4 Å². The lowest BCUT2D eigenvalue weighted by Gasteiger charge is -2.11. The van der Waals surface area contributed by atoms with Gasteiger partial charge in [-0.05, 0) is 67.9 Å². The number of benzene rings is 1. The van der Waals surface area contributed by atoms with Crippen molar-refractivity contribution in [1.82, 2.24) is 19.7 Å². The summed E-state index contributed by atoms with van der Waals surface area (Å²) in [6.07, 6.45) is 2.33. The maximum absolute atomic E-state index is 11.6. The quantitative estimate of drug-likeness (QED) is 0.524. The molecule has 0 saturated carbocycles. The number of nitrogens with one attached hydrogen (secondary N) is 1. The zero-order chi connectivity index (χ0) is 19.6. The number of hydrogen-bond donors (Lipinski definition) is 1. The summed E-state index contributed by atoms with van der Waals surface area (Å²) in [6.45, 7) is 7.97. The molecule has 7 heteroatoms. The highest BCUT2D eigenvalue weighted by molar-refractivity contribution is 8.04. The van der Waals surface area contributed by atoms with E-state index < -0.39 is 5.97 Å². The zero-order valence-corrected chi connectivity index (χ0v) is 16.6. The molecule has 140 valence electrons. The van der Waals surface area contributed by atoms with Gasteiger partial charge in [0.05, 0.1) is 5.97 Å². The highest BCUT2D eigenvalue weighted by Gasteiger charge is 2.13. The second-order valence-corrected chi connectivity index (χ2v) is 7.33. The van der Waals surface area contributed by atoms with Gasteiger partial charge in [0.1, 0.15) is 5.82 Å². The SMILES string of the molecule is CCc1nc(S/C(=C/c2cc(C)n(-c3cccc(C)c3)c2C)C(=O)[O-])n[nH]1. The number of carbonyl (C=O) groups is 1. The maximum Gasteiger partial charge on any atom is 0.213 e. The summed E-state index contributed by atoms with van der Waals surface area (Å²) in [4.78, 5) is 16.0. The number of carboxylic acid groups (broad SMARTS) is 1. The molecule has 0 fully saturated rings. The number of aliphatic carboxylic acids is 1. The number of aromatic amines is 1. The van der Waals surface area contributed by atoms with Gasteiger partial charge in [0, 0.05) is 28.4 Å². The minimum absolute atomic E-state index is 0.0705. The largest absolute Gasteiger partial charge is 0.544 e. The standard InChI is InChI=1S/C20H22N4O2S/c1-5-18-21-20(23-22-18)27-17(19(25)26)11-15-10-13(3)24(14(15)4)16-8-6-7-12(2)9-16/h6-11H,5H2,1-4H3,(H,25,26)(H,21,22,23)/p-1/b17-11+. The second-order valence-electron chi connectivity index (χ2n) is 6.32. The van der Waals surface area contributed by atoms with Crippen LogP contribution < -0.4 is 5.11 Å². The van der Waals surface area contributed by atoms with E-state index in [1.54, 1.807) is 6.08 Å². The first-order valence-corrected chi connectivity index (χ1v) is 9.48. The number of carbonyl (C=O) groups excluding carboxylic acids is 1. The number of aromatic nitrogens is 4. The van der Waals surface area contributed by atoms with Crippen LogP contribution in [0.5, 0.6) is 0 Å². The van der Waals surface area contributed by atoms with Gasteiger partial charge in [-0.1, -0.05) is 19.1 Å². The van der Waals surface area contributed by atoms with Crippen molar-refractivity contribution in [2.45, 2.75) is 39.3 Å². The van der Waals surface area contributed by atoms with Crippen molar-refractivity contribution in [2.75, 3.05) is 0 Å². The fourth-order valence-corrected chi connectivity index (χ4v) is 3.66. The Morgan fingerprint density at radius 2 is 2.07 bits per heavy atom. The molecule has 0 bridgehead atoms. The number of hydrogen-bond acceptors (Lipinski definition) is 5. The van der Waals surface area contributed by atoms with E-state index >= 15 is 0 Å². The molecular formula is C20H21N4O2S-. The Morgan fingerprint density at radius 1 is 1.30 bits per heavy atom. The van der Waals surface area contributed by atoms with Crippen LogP contribution in [0, 0.1) is 20.8 Å². The molecule has 3 aromatic rings. The molecule has 0 aliphatic carbocycles. The third-order valence-electron chi connectivity index (χ3n) is 4.27. The molecule has 27 heavy (non-hydrogen) atoms. The summed E-state index contributed by atoms with van der Waals surface area (Å²) in [7, 11) is 0. The highest BCUT2D eigenvalue weighted by atomic mass is 32.2. The summed E-state index contributed by atoms with van der Waals surface area (Å²) in [5.41, 5.74) is 5.03. The van der Waals surface area contributed by atoms with Gasteiger partial charge in [0.25, 0.3) is 0 Å². The van der Waals surface area contributed by atoms with Crippen LogP contribution in [0.1, 0.15) is 35.3 Å². The van der Waals surface area contributed by atoms with Crippen molar-refractivity contribution in [1.29, 1.82) is 0 Å². The van der Waals surface area contributed by atoms with Crippen LogP contribution >= 0.6 is 11.8 Å². The van der Waals surface area contributed by atoms with Gasteiger partial charge in [0.2, 0.25) is 5.16 Å². The highest BCUT2D eigenvalue weighted by Crippen LogP contribution is 2.28. The van der Waals surface area contributed by atoms with Crippen molar-refractivity contribution in [2.24, 2.45) is 0 Å². The Bertz CT molecular complexity index is 1020. The Hall–Kier alpha value is -2.80. The molecule has 0 aliphatic heterocycles. The summed E-state index contributed by atoms with van der Waals surface area (Å²) in [5.74, 6) is -0.531. The van der Waals surface area contributed by atoms with E-state index in [1.165, 1.54) is 5.56 Å². The molecule has 0 radical (unpaired) electrons. The number of thioether (sulfide) groups is 1. The summed E-state index contributed by atoms with van der Waals surface area (Å²) < 4.78 is 2.11. The van der Waals surface area contributed by atoms with Crippen LogP contribution in [0.15, 0.2) is 40.4 Å². The lowest BCUT2D eigenvalue weighted by atomic mass is 10.2. The van der Waals surface area contributed by atoms with E-state index in [2.05, 4.69) is 25.8 Å². The predicted octanol–water partition coefficient (Wildman–Crippen LogP) is 2.97. The molecule has 0 amide bonds. The molecule has 1 N–H and O–H groups in total. The molecule has 2 aromatic heterocycles. The first-order valence-electron chi connectivity index (χ1n) is 8.67. The average Bonchev–Trinajstić information content (AvgIpc) is 3.18. The molecule has 0 unspecified atom stereocenters. The van der Waals surface area contributed by atoms with Crippen LogP contribution in [0.4, 0.5) is 0 Å². The van der Waals surface area contributed by atoms with Crippen LogP contribution in [0.3, 0.4) is 0 Å². The number of carboxylic acids is 1. The van der Waals surface area contributed by atoms with Crippen LogP contribution in [-0.2, 0) is 11.2 Å². The smallest absolute Gasteiger partial charge is 0.213 e. The first-order chi connectivity index (χ1) is 12.9. The summed E-state index contributed by atoms with van der Waals surface area (Å²) in [6, 6.07) is 10.2. The van der Waals surface area contributed by atoms with E-state index in [4.69, 9.17) is 0 Å². The Kier molecular flexibility index (Phi) is 5.51. The van der Waals surface area contributed by atoms with E-state index in [9.17, 15) is 9.90 Å². The number of H-pyrrole nitrogens is 1. The van der Waals surface area contributed by atoms with Gasteiger partial charge >= 0.3 is 0 Å². The van der Waals surface area contributed by atoms with Crippen molar-refractivity contribution in [3.05, 3.63) is 63.6 Å². The minimum atomic E-state index is -1.25. The van der Waals surface area contributed by atoms with Crippen LogP contribution in [-0.4, -0.2) is 25.7 Å². The van der Waals surface area contributed by atoms with Crippen molar-refractivity contribution in [3.63, 3.8) is 0 Å². The molecule has 1 aromatic carbocycles. The van der Waals surface area contributed by atoms with Gasteiger partial charge in [0.15, 0.2) is 0 Å². The minimum Gasteiger partial charge on any atom is -0.544 e. The second kappa shape index (κ2) is 7.84. The molecule has 0 atom stereocenters. The third-order valence-corrected chi connectivity index (χ3v) is 5.13. The summed E-state index contributed by atoms with van der Waals surface area (Å²) >= 11 is 0.986. The van der Waals surface area contributed by atoms with Gasteiger partial charge in [-0.2, -0.15) is 0 Å². The summed E-state index contributed by atoms with van der Waals surface area (Å²) in [5, 5.41) is 18.8. The zero-order valence-electron chi connectivity index (χ0n) is 15.7. The molecule has 0 aliphatic rings. The molecule has 6 nitrogen and oxygen atoms in total. The number of nitrogens with zero attached hydrogens (tertiary/aromatic N) is 3. The van der Waals surface area contributed by atoms with Gasteiger partial charge in [-0.3, -0.25) is 5.10 Å². The Balaban J connectivity index is 1.98. The van der Waals surface area contributed by atoms with Gasteiger partial charge < -0.3 is 14.5 Å². The van der Waals surface area contributed by atoms with Crippen molar-refractivity contribution < 1.29 is 9.90 Å². The first kappa shape index (κ1) is 19.0. The Labute approximate surface area is 162 Å². The number of aryl methyl sites for hydroxylation is 3. The van der Waals surface area contributed by atoms with Crippen molar-refractivity contribution in [3.8, 4) is 5.69 Å². The normalized spacial score (nSPS) is 11.8. The van der Waals surface area contributed by atoms with Crippen LogP contribution in [0.2, 0.25) is 0 Å². The van der Waals surface area contributed by atoms with Gasteiger partial charge in [-0.15, -0.1) is 5.10 Å². The van der Waals surface area contributed by atoms with E-state index in [-0.39, 0.29) is 4.91 Å².